The predicted molar refractivity (Wildman–Crippen MR) is 125 cm³/mol. The molecule has 30 heavy (non-hydrogen) atoms. The van der Waals surface area contributed by atoms with Gasteiger partial charge in [0.25, 0.3) is 5.56 Å². The molecule has 4 rings (SSSR count). The summed E-state index contributed by atoms with van der Waals surface area (Å²) in [7, 11) is 1.36. The third kappa shape index (κ3) is 3.98. The Kier molecular flexibility index (Phi) is 6.17. The maximum Gasteiger partial charge on any atom is 0.337 e. The lowest BCUT2D eigenvalue weighted by atomic mass is 10.1. The molecule has 3 heterocycles. The maximum atomic E-state index is 13.3. The van der Waals surface area contributed by atoms with Gasteiger partial charge < -0.3 is 4.74 Å². The third-order valence-electron chi connectivity index (χ3n) is 4.50. The van der Waals surface area contributed by atoms with E-state index in [1.807, 2.05) is 35.0 Å². The Bertz CT molecular complexity index is 1260. The summed E-state index contributed by atoms with van der Waals surface area (Å²) in [5.74, 6) is 0.264. The number of thioether (sulfide) groups is 1. The second-order valence-corrected chi connectivity index (χ2v) is 9.13. The molecule has 0 N–H and O–H groups in total. The van der Waals surface area contributed by atoms with Gasteiger partial charge in [0.15, 0.2) is 5.16 Å². The molecular formula is C22H18N2O3S3. The van der Waals surface area contributed by atoms with E-state index in [0.29, 0.717) is 28.4 Å². The van der Waals surface area contributed by atoms with Gasteiger partial charge >= 0.3 is 5.97 Å². The number of nitrogens with zero attached hydrogens (tertiary/aromatic N) is 2. The number of esters is 1. The van der Waals surface area contributed by atoms with Crippen molar-refractivity contribution in [3.8, 4) is 10.4 Å². The zero-order chi connectivity index (χ0) is 21.1. The standard InChI is InChI=1S/C22H18N2O3S3/c1-3-10-24-20(25)18-16(17-5-4-11-28-17)13-29-19(18)23-22(24)30-12-14-6-8-15(9-7-14)21(26)27-2/h3-9,11,13H,1,10,12H2,2H3. The van der Waals surface area contributed by atoms with E-state index >= 15 is 0 Å². The van der Waals surface area contributed by atoms with Crippen LogP contribution in [0.4, 0.5) is 0 Å². The molecule has 0 aliphatic rings. The van der Waals surface area contributed by atoms with Crippen LogP contribution in [0.5, 0.6) is 0 Å². The molecule has 5 nitrogen and oxygen atoms in total. The lowest BCUT2D eigenvalue weighted by Gasteiger charge is -2.11. The maximum absolute atomic E-state index is 13.3. The van der Waals surface area contributed by atoms with Crippen molar-refractivity contribution < 1.29 is 9.53 Å². The molecule has 0 spiro atoms. The van der Waals surface area contributed by atoms with E-state index in [1.165, 1.54) is 30.2 Å². The Morgan fingerprint density at radius 3 is 2.73 bits per heavy atom. The molecule has 1 aromatic carbocycles. The Morgan fingerprint density at radius 2 is 2.07 bits per heavy atom. The highest BCUT2D eigenvalue weighted by Crippen LogP contribution is 2.35. The minimum absolute atomic E-state index is 0.0481. The van der Waals surface area contributed by atoms with Gasteiger partial charge in [0.2, 0.25) is 0 Å². The topological polar surface area (TPSA) is 61.2 Å². The minimum Gasteiger partial charge on any atom is -0.465 e. The summed E-state index contributed by atoms with van der Waals surface area (Å²) in [5, 5.41) is 5.33. The third-order valence-corrected chi connectivity index (χ3v) is 7.32. The van der Waals surface area contributed by atoms with E-state index in [4.69, 9.17) is 9.72 Å². The Morgan fingerprint density at radius 1 is 1.27 bits per heavy atom. The number of allylic oxidation sites excluding steroid dienone is 1. The van der Waals surface area contributed by atoms with E-state index in [0.717, 1.165) is 20.8 Å². The molecule has 0 fully saturated rings. The van der Waals surface area contributed by atoms with Crippen LogP contribution >= 0.6 is 34.4 Å². The van der Waals surface area contributed by atoms with Gasteiger partial charge in [-0.05, 0) is 29.1 Å². The zero-order valence-electron chi connectivity index (χ0n) is 16.2. The molecule has 0 atom stereocenters. The molecule has 152 valence electrons. The Labute approximate surface area is 185 Å². The van der Waals surface area contributed by atoms with E-state index in [2.05, 4.69) is 6.58 Å². The number of benzene rings is 1. The first-order chi connectivity index (χ1) is 14.6. The monoisotopic (exact) mass is 454 g/mol. The number of hydrogen-bond acceptors (Lipinski definition) is 7. The molecule has 0 amide bonds. The number of aromatic nitrogens is 2. The number of methoxy groups -OCH3 is 1. The number of ether oxygens (including phenoxy) is 1. The largest absolute Gasteiger partial charge is 0.465 e. The van der Waals surface area contributed by atoms with Crippen molar-refractivity contribution in [2.24, 2.45) is 0 Å². The lowest BCUT2D eigenvalue weighted by molar-refractivity contribution is 0.0600. The summed E-state index contributed by atoms with van der Waals surface area (Å²) >= 11 is 4.59. The second-order valence-electron chi connectivity index (χ2n) is 6.38. The van der Waals surface area contributed by atoms with Crippen molar-refractivity contribution in [1.29, 1.82) is 0 Å². The first-order valence-corrected chi connectivity index (χ1v) is 11.8. The molecule has 0 saturated carbocycles. The summed E-state index contributed by atoms with van der Waals surface area (Å²) in [5.41, 5.74) is 2.43. The highest BCUT2D eigenvalue weighted by molar-refractivity contribution is 7.98. The van der Waals surface area contributed by atoms with Crippen molar-refractivity contribution in [2.45, 2.75) is 17.5 Å². The second kappa shape index (κ2) is 8.99. The van der Waals surface area contributed by atoms with E-state index < -0.39 is 0 Å². The fourth-order valence-electron chi connectivity index (χ4n) is 3.02. The van der Waals surface area contributed by atoms with Gasteiger partial charge in [-0.15, -0.1) is 29.3 Å². The first-order valence-electron chi connectivity index (χ1n) is 9.09. The Hall–Kier alpha value is -2.68. The molecule has 3 aromatic heterocycles. The van der Waals surface area contributed by atoms with E-state index in [1.54, 1.807) is 34.1 Å². The summed E-state index contributed by atoms with van der Waals surface area (Å²) < 4.78 is 6.40. The molecule has 0 aliphatic heterocycles. The summed E-state index contributed by atoms with van der Waals surface area (Å²) in [6.45, 7) is 4.19. The average molecular weight is 455 g/mol. The molecule has 0 radical (unpaired) electrons. The van der Waals surface area contributed by atoms with Gasteiger partial charge in [0.05, 0.1) is 18.1 Å². The molecule has 0 saturated heterocycles. The van der Waals surface area contributed by atoms with Crippen molar-refractivity contribution in [3.63, 3.8) is 0 Å². The number of rotatable bonds is 7. The minimum atomic E-state index is -0.361. The van der Waals surface area contributed by atoms with Crippen LogP contribution in [-0.2, 0) is 17.0 Å². The number of fused-ring (bicyclic) bond motifs is 1. The van der Waals surface area contributed by atoms with Crippen molar-refractivity contribution in [3.05, 3.63) is 81.3 Å². The van der Waals surface area contributed by atoms with Gasteiger partial charge in [-0.1, -0.05) is 36.0 Å². The SMILES string of the molecule is C=CCn1c(SCc2ccc(C(=O)OC)cc2)nc2scc(-c3cccs3)c2c1=O. The normalized spacial score (nSPS) is 11.0. The molecule has 0 unspecified atom stereocenters. The molecule has 8 heteroatoms. The van der Waals surface area contributed by atoms with Gasteiger partial charge in [-0.25, -0.2) is 9.78 Å². The molecule has 0 bridgehead atoms. The molecule has 4 aromatic rings. The first kappa shape index (κ1) is 20.6. The zero-order valence-corrected chi connectivity index (χ0v) is 18.6. The van der Waals surface area contributed by atoms with E-state index in [-0.39, 0.29) is 11.5 Å². The molecular weight excluding hydrogens is 436 g/mol. The Balaban J connectivity index is 1.67. The van der Waals surface area contributed by atoms with Crippen LogP contribution in [-0.4, -0.2) is 22.6 Å². The van der Waals surface area contributed by atoms with Crippen LogP contribution in [0.25, 0.3) is 20.7 Å². The highest BCUT2D eigenvalue weighted by atomic mass is 32.2. The number of thiophene rings is 2. The summed E-state index contributed by atoms with van der Waals surface area (Å²) in [6.07, 6.45) is 1.71. The average Bonchev–Trinajstić information content (AvgIpc) is 3.44. The van der Waals surface area contributed by atoms with Gasteiger partial charge in [-0.3, -0.25) is 9.36 Å². The van der Waals surface area contributed by atoms with Crippen LogP contribution in [0.3, 0.4) is 0 Å². The van der Waals surface area contributed by atoms with Crippen LogP contribution in [0.2, 0.25) is 0 Å². The van der Waals surface area contributed by atoms with Crippen LogP contribution in [0.1, 0.15) is 15.9 Å². The van der Waals surface area contributed by atoms with Crippen molar-refractivity contribution in [2.75, 3.05) is 7.11 Å². The summed E-state index contributed by atoms with van der Waals surface area (Å²) in [6, 6.07) is 11.2. The van der Waals surface area contributed by atoms with Gasteiger partial charge in [0, 0.05) is 28.1 Å². The van der Waals surface area contributed by atoms with Crippen LogP contribution < -0.4 is 5.56 Å². The molecule has 0 aliphatic carbocycles. The van der Waals surface area contributed by atoms with Crippen LogP contribution in [0, 0.1) is 0 Å². The van der Waals surface area contributed by atoms with Crippen molar-refractivity contribution in [1.82, 2.24) is 9.55 Å². The number of hydrogen-bond donors (Lipinski definition) is 0. The predicted octanol–water partition coefficient (Wildman–Crippen LogP) is 5.45. The highest BCUT2D eigenvalue weighted by Gasteiger charge is 2.17. The summed E-state index contributed by atoms with van der Waals surface area (Å²) in [4.78, 5) is 31.5. The number of carbonyl (C=O) groups is 1. The lowest BCUT2D eigenvalue weighted by Crippen LogP contribution is -2.22. The van der Waals surface area contributed by atoms with Gasteiger partial charge in [-0.2, -0.15) is 0 Å². The quantitative estimate of drug-likeness (QED) is 0.161. The van der Waals surface area contributed by atoms with E-state index in [9.17, 15) is 9.59 Å². The number of carbonyl (C=O) groups excluding carboxylic acids is 1. The van der Waals surface area contributed by atoms with Crippen LogP contribution in [0.15, 0.2) is 69.8 Å². The van der Waals surface area contributed by atoms with Crippen molar-refractivity contribution >= 4 is 50.6 Å². The fourth-order valence-corrected chi connectivity index (χ4v) is 5.79. The van der Waals surface area contributed by atoms with Gasteiger partial charge in [0.1, 0.15) is 4.83 Å². The fraction of sp³-hybridized carbons (Fsp3) is 0.136. The smallest absolute Gasteiger partial charge is 0.337 e.